The van der Waals surface area contributed by atoms with Crippen LogP contribution in [0.2, 0.25) is 0 Å². The highest BCUT2D eigenvalue weighted by molar-refractivity contribution is 5.85. The van der Waals surface area contributed by atoms with Gasteiger partial charge in [-0.3, -0.25) is 0 Å². The fraction of sp³-hybridized carbons (Fsp3) is 0.333. The molecule has 0 heterocycles. The van der Waals surface area contributed by atoms with Crippen molar-refractivity contribution in [1.29, 1.82) is 0 Å². The summed E-state index contributed by atoms with van der Waals surface area (Å²) in [6.45, 7) is 1.73. The SMILES string of the molecule is CC=NC(N)=NN. The lowest BCUT2D eigenvalue weighted by Gasteiger charge is -1.81. The van der Waals surface area contributed by atoms with Crippen LogP contribution in [0.4, 0.5) is 0 Å². The fourth-order valence-electron chi connectivity index (χ4n) is 0.166. The van der Waals surface area contributed by atoms with Crippen molar-refractivity contribution in [3.63, 3.8) is 0 Å². The normalized spacial score (nSPS) is 13.0. The molecule has 0 aromatic rings. The highest BCUT2D eigenvalue weighted by Crippen LogP contribution is 1.60. The first-order valence-electron chi connectivity index (χ1n) is 1.83. The highest BCUT2D eigenvalue weighted by atomic mass is 15.2. The fourth-order valence-corrected chi connectivity index (χ4v) is 0.166. The molecular formula is C3H8N4. The molecule has 0 aliphatic heterocycles. The lowest BCUT2D eigenvalue weighted by molar-refractivity contribution is 1.21. The first-order valence-corrected chi connectivity index (χ1v) is 1.83. The summed E-state index contributed by atoms with van der Waals surface area (Å²) in [7, 11) is 0. The summed E-state index contributed by atoms with van der Waals surface area (Å²) in [4.78, 5) is 3.52. The molecule has 0 fully saturated rings. The van der Waals surface area contributed by atoms with E-state index in [2.05, 4.69) is 10.1 Å². The topological polar surface area (TPSA) is 76.8 Å². The molecule has 0 bridgehead atoms. The molecule has 7 heavy (non-hydrogen) atoms. The molecular weight excluding hydrogens is 92.1 g/mol. The van der Waals surface area contributed by atoms with Gasteiger partial charge >= 0.3 is 0 Å². The second-order valence-electron chi connectivity index (χ2n) is 0.875. The molecule has 0 aliphatic carbocycles. The number of hydrazone groups is 1. The Labute approximate surface area is 41.9 Å². The van der Waals surface area contributed by atoms with Crippen molar-refractivity contribution in [1.82, 2.24) is 0 Å². The molecule has 4 N–H and O–H groups in total. The van der Waals surface area contributed by atoms with E-state index in [-0.39, 0.29) is 5.96 Å². The van der Waals surface area contributed by atoms with Crippen LogP contribution in [-0.2, 0) is 0 Å². The highest BCUT2D eigenvalue weighted by Gasteiger charge is 1.73. The summed E-state index contributed by atoms with van der Waals surface area (Å²) in [5.74, 6) is 4.81. The van der Waals surface area contributed by atoms with E-state index >= 15 is 0 Å². The van der Waals surface area contributed by atoms with Crippen molar-refractivity contribution < 1.29 is 0 Å². The van der Waals surface area contributed by atoms with Crippen LogP contribution < -0.4 is 11.6 Å². The second kappa shape index (κ2) is 3.14. The summed E-state index contributed by atoms with van der Waals surface area (Å²) < 4.78 is 0. The molecule has 0 unspecified atom stereocenters. The van der Waals surface area contributed by atoms with E-state index in [1.165, 1.54) is 6.21 Å². The van der Waals surface area contributed by atoms with Crippen LogP contribution in [0.1, 0.15) is 6.92 Å². The molecule has 0 saturated carbocycles. The maximum absolute atomic E-state index is 5.01. The van der Waals surface area contributed by atoms with Crippen molar-refractivity contribution in [2.45, 2.75) is 6.92 Å². The van der Waals surface area contributed by atoms with Crippen LogP contribution in [0.25, 0.3) is 0 Å². The summed E-state index contributed by atoms with van der Waals surface area (Å²) in [6.07, 6.45) is 1.52. The molecule has 0 aromatic heterocycles. The third-order valence-electron chi connectivity index (χ3n) is 0.394. The van der Waals surface area contributed by atoms with Gasteiger partial charge < -0.3 is 11.6 Å². The van der Waals surface area contributed by atoms with Gasteiger partial charge in [0.05, 0.1) is 0 Å². The van der Waals surface area contributed by atoms with E-state index in [0.717, 1.165) is 0 Å². The molecule has 0 aliphatic rings. The van der Waals surface area contributed by atoms with Crippen LogP contribution in [0.15, 0.2) is 10.1 Å². The summed E-state index contributed by atoms with van der Waals surface area (Å²) in [6, 6.07) is 0. The first kappa shape index (κ1) is 5.94. The molecule has 0 radical (unpaired) electrons. The van der Waals surface area contributed by atoms with E-state index in [4.69, 9.17) is 11.6 Å². The van der Waals surface area contributed by atoms with Crippen LogP contribution in [-0.4, -0.2) is 12.2 Å². The van der Waals surface area contributed by atoms with Gasteiger partial charge in [-0.05, 0) is 6.92 Å². The van der Waals surface area contributed by atoms with Crippen LogP contribution in [0.5, 0.6) is 0 Å². The first-order chi connectivity index (χ1) is 3.31. The van der Waals surface area contributed by atoms with E-state index in [1.807, 2.05) is 0 Å². The van der Waals surface area contributed by atoms with Crippen molar-refractivity contribution in [2.75, 3.05) is 0 Å². The number of hydrogen-bond donors (Lipinski definition) is 2. The third kappa shape index (κ3) is 2.75. The van der Waals surface area contributed by atoms with Crippen LogP contribution >= 0.6 is 0 Å². The number of guanidine groups is 1. The molecule has 0 aromatic carbocycles. The smallest absolute Gasteiger partial charge is 0.236 e. The lowest BCUT2D eigenvalue weighted by atomic mass is 10.8. The number of nitrogens with two attached hydrogens (primary N) is 2. The zero-order chi connectivity index (χ0) is 5.70. The van der Waals surface area contributed by atoms with E-state index < -0.39 is 0 Å². The third-order valence-corrected chi connectivity index (χ3v) is 0.394. The van der Waals surface area contributed by atoms with Gasteiger partial charge in [0.2, 0.25) is 5.96 Å². The van der Waals surface area contributed by atoms with Gasteiger partial charge in [-0.1, -0.05) is 0 Å². The number of hydrogen-bond acceptors (Lipinski definition) is 2. The average Bonchev–Trinajstić information content (AvgIpc) is 1.68. The maximum atomic E-state index is 5.01. The minimum Gasteiger partial charge on any atom is -0.367 e. The maximum Gasteiger partial charge on any atom is 0.236 e. The van der Waals surface area contributed by atoms with Crippen molar-refractivity contribution >= 4 is 12.2 Å². The minimum absolute atomic E-state index is 0.0995. The van der Waals surface area contributed by atoms with E-state index in [9.17, 15) is 0 Å². The zero-order valence-corrected chi connectivity index (χ0v) is 4.13. The molecule has 4 heteroatoms. The molecule has 0 atom stereocenters. The Bertz CT molecular complexity index is 93.1. The Morgan fingerprint density at radius 2 is 2.29 bits per heavy atom. The van der Waals surface area contributed by atoms with E-state index in [0.29, 0.717) is 0 Å². The summed E-state index contributed by atoms with van der Waals surface area (Å²) in [5, 5.41) is 3.07. The van der Waals surface area contributed by atoms with Crippen molar-refractivity contribution in [2.24, 2.45) is 21.7 Å². The molecule has 4 nitrogen and oxygen atoms in total. The average molecular weight is 100 g/mol. The predicted molar refractivity (Wildman–Crippen MR) is 30.0 cm³/mol. The number of aliphatic imine (C=N–C) groups is 1. The van der Waals surface area contributed by atoms with Gasteiger partial charge in [0.1, 0.15) is 0 Å². The molecule has 40 valence electrons. The Kier molecular flexibility index (Phi) is 2.67. The molecule has 0 rings (SSSR count). The van der Waals surface area contributed by atoms with Crippen molar-refractivity contribution in [3.05, 3.63) is 0 Å². The van der Waals surface area contributed by atoms with Crippen LogP contribution in [0.3, 0.4) is 0 Å². The number of rotatable bonds is 0. The van der Waals surface area contributed by atoms with Gasteiger partial charge in [-0.25, -0.2) is 4.99 Å². The van der Waals surface area contributed by atoms with Gasteiger partial charge in [0.15, 0.2) is 0 Å². The van der Waals surface area contributed by atoms with Gasteiger partial charge in [-0.2, -0.15) is 0 Å². The second-order valence-corrected chi connectivity index (χ2v) is 0.875. The standard InChI is InChI=1S/C3H8N4/c1-2-6-3(4)7-5/h2H,5H2,1H3,(H2,4,7). The Morgan fingerprint density at radius 3 is 2.43 bits per heavy atom. The van der Waals surface area contributed by atoms with Gasteiger partial charge in [0.25, 0.3) is 0 Å². The molecule has 0 spiro atoms. The quantitative estimate of drug-likeness (QED) is 0.182. The Hall–Kier alpha value is -1.06. The zero-order valence-electron chi connectivity index (χ0n) is 4.13. The summed E-state index contributed by atoms with van der Waals surface area (Å²) >= 11 is 0. The lowest BCUT2D eigenvalue weighted by Crippen LogP contribution is -2.10. The summed E-state index contributed by atoms with van der Waals surface area (Å²) in [5.41, 5.74) is 5.01. The van der Waals surface area contributed by atoms with Gasteiger partial charge in [-0.15, -0.1) is 5.10 Å². The van der Waals surface area contributed by atoms with Crippen molar-refractivity contribution in [3.8, 4) is 0 Å². The minimum atomic E-state index is 0.0995. The Morgan fingerprint density at radius 1 is 1.71 bits per heavy atom. The molecule has 0 amide bonds. The number of nitrogens with zero attached hydrogens (tertiary/aromatic N) is 2. The van der Waals surface area contributed by atoms with Crippen LogP contribution in [0, 0.1) is 0 Å². The largest absolute Gasteiger partial charge is 0.367 e. The Balaban J connectivity index is 3.58. The molecule has 0 saturated heterocycles. The monoisotopic (exact) mass is 100 g/mol. The van der Waals surface area contributed by atoms with E-state index in [1.54, 1.807) is 6.92 Å². The predicted octanol–water partition coefficient (Wildman–Crippen LogP) is -0.734. The van der Waals surface area contributed by atoms with Gasteiger partial charge in [0, 0.05) is 6.21 Å².